The molecule has 0 fully saturated rings. The van der Waals surface area contributed by atoms with Gasteiger partial charge in [-0.05, 0) is 76.9 Å². The number of pyridine rings is 3. The van der Waals surface area contributed by atoms with Crippen LogP contribution in [-0.4, -0.2) is 21.5 Å². The van der Waals surface area contributed by atoms with Crippen LogP contribution < -0.4 is 10.1 Å². The summed E-state index contributed by atoms with van der Waals surface area (Å²) >= 11 is 0. The van der Waals surface area contributed by atoms with Crippen LogP contribution in [-0.2, 0) is 5.41 Å². The minimum Gasteiger partial charge on any atom is -0.457 e. The highest BCUT2D eigenvalue weighted by Crippen LogP contribution is 2.56. The van der Waals surface area contributed by atoms with E-state index in [1.807, 2.05) is 54.9 Å². The molecule has 6 nitrogen and oxygen atoms in total. The number of dihydropyridines is 1. The topological polar surface area (TPSA) is 83.7 Å². The molecule has 0 bridgehead atoms. The van der Waals surface area contributed by atoms with E-state index in [1.165, 1.54) is 0 Å². The van der Waals surface area contributed by atoms with Crippen LogP contribution in [0.15, 0.2) is 176 Å². The van der Waals surface area contributed by atoms with Gasteiger partial charge < -0.3 is 10.1 Å². The summed E-state index contributed by atoms with van der Waals surface area (Å²) in [6.45, 7) is 0.774. The first kappa shape index (κ1) is 31.4. The van der Waals surface area contributed by atoms with Crippen LogP contribution >= 0.6 is 0 Å². The third-order valence-electron chi connectivity index (χ3n) is 10.5. The van der Waals surface area contributed by atoms with Crippen molar-refractivity contribution < 1.29 is 4.74 Å². The number of aromatic nitrogens is 3. The number of allylic oxidation sites excluding steroid dienone is 2. The maximum Gasteiger partial charge on any atom is 0.132 e. The summed E-state index contributed by atoms with van der Waals surface area (Å²) in [5, 5.41) is 15.0. The number of nitriles is 1. The molecule has 0 aliphatic carbocycles. The average Bonchev–Trinajstić information content (AvgIpc) is 3.25. The maximum absolute atomic E-state index is 9.47. The predicted molar refractivity (Wildman–Crippen MR) is 214 cm³/mol. The van der Waals surface area contributed by atoms with Crippen LogP contribution in [0.4, 0.5) is 0 Å². The van der Waals surface area contributed by atoms with Crippen LogP contribution in [0.25, 0.3) is 55.4 Å². The van der Waals surface area contributed by atoms with Crippen molar-refractivity contribution in [2.45, 2.75) is 5.41 Å². The Hall–Kier alpha value is -7.36. The molecule has 54 heavy (non-hydrogen) atoms. The minimum atomic E-state index is -0.668. The number of fused-ring (bicyclic) bond motifs is 5. The molecule has 1 N–H and O–H groups in total. The van der Waals surface area contributed by atoms with Gasteiger partial charge in [0.2, 0.25) is 0 Å². The second-order valence-electron chi connectivity index (χ2n) is 13.6. The highest BCUT2D eigenvalue weighted by Gasteiger charge is 2.46. The van der Waals surface area contributed by atoms with Crippen molar-refractivity contribution in [2.24, 2.45) is 0 Å². The van der Waals surface area contributed by atoms with Crippen molar-refractivity contribution in [1.29, 1.82) is 5.26 Å². The largest absolute Gasteiger partial charge is 0.457 e. The number of nitrogens with zero attached hydrogens (tertiary/aromatic N) is 4. The van der Waals surface area contributed by atoms with Gasteiger partial charge in [0, 0.05) is 58.2 Å². The fourth-order valence-electron chi connectivity index (χ4n) is 7.99. The fourth-order valence-corrected chi connectivity index (χ4v) is 7.99. The molecule has 0 amide bonds. The number of nitrogens with one attached hydrogen (secondary N) is 1. The van der Waals surface area contributed by atoms with Crippen molar-refractivity contribution in [3.63, 3.8) is 0 Å². The van der Waals surface area contributed by atoms with Crippen LogP contribution in [0.3, 0.4) is 0 Å². The lowest BCUT2D eigenvalue weighted by atomic mass is 9.63. The summed E-state index contributed by atoms with van der Waals surface area (Å²) in [7, 11) is 0. The van der Waals surface area contributed by atoms with E-state index >= 15 is 0 Å². The first-order valence-corrected chi connectivity index (χ1v) is 17.9. The van der Waals surface area contributed by atoms with E-state index in [2.05, 4.69) is 126 Å². The smallest absolute Gasteiger partial charge is 0.132 e. The summed E-state index contributed by atoms with van der Waals surface area (Å²) in [5.74, 6) is 1.64. The summed E-state index contributed by atoms with van der Waals surface area (Å²) < 4.78 is 6.63. The zero-order valence-corrected chi connectivity index (χ0v) is 29.1. The molecule has 254 valence electrons. The third kappa shape index (κ3) is 5.06. The van der Waals surface area contributed by atoms with Crippen molar-refractivity contribution in [1.82, 2.24) is 20.3 Å². The van der Waals surface area contributed by atoms with Gasteiger partial charge in [0.05, 0.1) is 39.5 Å². The highest BCUT2D eigenvalue weighted by molar-refractivity contribution is 6.04. The van der Waals surface area contributed by atoms with Gasteiger partial charge in [-0.25, -0.2) is 9.97 Å². The molecule has 0 spiro atoms. The van der Waals surface area contributed by atoms with Crippen molar-refractivity contribution in [3.8, 4) is 51.2 Å². The number of para-hydroxylation sites is 1. The Kier molecular flexibility index (Phi) is 7.38. The van der Waals surface area contributed by atoms with E-state index in [0.29, 0.717) is 5.56 Å². The lowest BCUT2D eigenvalue weighted by molar-refractivity contribution is 0.433. The lowest BCUT2D eigenvalue weighted by Crippen LogP contribution is -2.36. The molecule has 1 atom stereocenters. The van der Waals surface area contributed by atoms with Gasteiger partial charge >= 0.3 is 0 Å². The second kappa shape index (κ2) is 12.7. The average molecular weight is 694 g/mol. The van der Waals surface area contributed by atoms with Crippen LogP contribution in [0.2, 0.25) is 0 Å². The highest BCUT2D eigenvalue weighted by atomic mass is 16.5. The molecule has 5 aromatic carbocycles. The zero-order chi connectivity index (χ0) is 36.1. The minimum absolute atomic E-state index is 0.603. The van der Waals surface area contributed by atoms with Gasteiger partial charge in [-0.3, -0.25) is 4.98 Å². The molecule has 1 unspecified atom stereocenters. The summed E-state index contributed by atoms with van der Waals surface area (Å²) in [6, 6.07) is 49.8. The van der Waals surface area contributed by atoms with Gasteiger partial charge in [-0.15, -0.1) is 0 Å². The first-order valence-electron chi connectivity index (χ1n) is 17.9. The predicted octanol–water partition coefficient (Wildman–Crippen LogP) is 10.5. The molecule has 2 aliphatic heterocycles. The number of hydrogen-bond donors (Lipinski definition) is 1. The fraction of sp³-hybridized carbons (Fsp3) is 0.0417. The lowest BCUT2D eigenvalue weighted by Gasteiger charge is -2.42. The van der Waals surface area contributed by atoms with E-state index < -0.39 is 5.41 Å². The van der Waals surface area contributed by atoms with Crippen LogP contribution in [0, 0.1) is 11.3 Å². The summed E-state index contributed by atoms with van der Waals surface area (Å²) in [4.78, 5) is 14.9. The number of hydrogen-bond acceptors (Lipinski definition) is 6. The molecule has 3 aromatic heterocycles. The monoisotopic (exact) mass is 693 g/mol. The van der Waals surface area contributed by atoms with Gasteiger partial charge in [0.1, 0.15) is 11.5 Å². The van der Waals surface area contributed by atoms with E-state index in [0.717, 1.165) is 95.8 Å². The van der Waals surface area contributed by atoms with Gasteiger partial charge in [0.25, 0.3) is 0 Å². The van der Waals surface area contributed by atoms with Crippen molar-refractivity contribution >= 4 is 21.8 Å². The Labute approximate surface area is 312 Å². The molecule has 0 saturated carbocycles. The Balaban J connectivity index is 1.11. The Morgan fingerprint density at radius 1 is 0.630 bits per heavy atom. The summed E-state index contributed by atoms with van der Waals surface area (Å²) in [5.41, 5.74) is 11.6. The standard InChI is InChI=1S/C48H31N5O/c49-28-31-7-3-9-36(25-31)42-20-17-32-15-16-33-18-21-43(53-47(33)46(32)52-42)37-10-4-8-34(26-37)35-19-22-45-41(27-35)48(38-11-5-23-50-29-38,39-12-6-24-51-30-39)40-13-1-2-14-44(40)54-45/h1-23,25-27,29-30,51H,24H2. The quantitative estimate of drug-likeness (QED) is 0.181. The second-order valence-corrected chi connectivity index (χ2v) is 13.6. The first-order chi connectivity index (χ1) is 26.7. The number of ether oxygens (including phenoxy) is 1. The molecule has 2 aliphatic rings. The third-order valence-corrected chi connectivity index (χ3v) is 10.5. The van der Waals surface area contributed by atoms with Crippen LogP contribution in [0.5, 0.6) is 11.5 Å². The molecule has 0 saturated heterocycles. The molecule has 6 heteroatoms. The summed E-state index contributed by atoms with van der Waals surface area (Å²) in [6.07, 6.45) is 10.3. The zero-order valence-electron chi connectivity index (χ0n) is 29.1. The Morgan fingerprint density at radius 2 is 1.33 bits per heavy atom. The SMILES string of the molecule is N#Cc1cccc(-c2ccc3ccc4ccc(-c5cccc(-c6ccc7c(c6)C(C6=CNCC=C6)(c6cccnc6)c6ccccc6O7)c5)nc4c3n2)c1. The van der Waals surface area contributed by atoms with E-state index in [-0.39, 0.29) is 0 Å². The van der Waals surface area contributed by atoms with Crippen LogP contribution in [0.1, 0.15) is 22.3 Å². The maximum atomic E-state index is 9.47. The van der Waals surface area contributed by atoms with Crippen molar-refractivity contribution in [2.75, 3.05) is 6.54 Å². The van der Waals surface area contributed by atoms with Gasteiger partial charge in [0.15, 0.2) is 0 Å². The molecule has 8 aromatic rings. The molecule has 10 rings (SSSR count). The van der Waals surface area contributed by atoms with E-state index in [4.69, 9.17) is 14.7 Å². The van der Waals surface area contributed by atoms with E-state index in [9.17, 15) is 5.26 Å². The Bertz CT molecular complexity index is 2890. The molecular weight excluding hydrogens is 663 g/mol. The molecule has 5 heterocycles. The number of rotatable bonds is 5. The van der Waals surface area contributed by atoms with Gasteiger partial charge in [-0.1, -0.05) is 97.1 Å². The normalized spacial score (nSPS) is 15.7. The van der Waals surface area contributed by atoms with Crippen molar-refractivity contribution in [3.05, 3.63) is 198 Å². The molecule has 0 radical (unpaired) electrons. The van der Waals surface area contributed by atoms with Gasteiger partial charge in [-0.2, -0.15) is 5.26 Å². The number of benzene rings is 5. The van der Waals surface area contributed by atoms with E-state index in [1.54, 1.807) is 6.07 Å². The Morgan fingerprint density at radius 3 is 2.07 bits per heavy atom. The molecular formula is C48H31N5O.